The fraction of sp³-hybridized carbons (Fsp3) is 0.480. The van der Waals surface area contributed by atoms with E-state index in [0.717, 1.165) is 60.6 Å². The van der Waals surface area contributed by atoms with Crippen LogP contribution in [0, 0.1) is 0 Å². The first-order valence-corrected chi connectivity index (χ1v) is 11.1. The second kappa shape index (κ2) is 11.7. The lowest BCUT2D eigenvalue weighted by atomic mass is 10.00. The molecule has 3 rings (SSSR count). The van der Waals surface area contributed by atoms with Gasteiger partial charge >= 0.3 is 0 Å². The minimum Gasteiger partial charge on any atom is -0.494 e. The van der Waals surface area contributed by atoms with Gasteiger partial charge in [0.1, 0.15) is 12.4 Å². The van der Waals surface area contributed by atoms with Crippen molar-refractivity contribution in [3.8, 4) is 16.9 Å². The van der Waals surface area contributed by atoms with Crippen molar-refractivity contribution in [1.82, 2.24) is 5.32 Å². The molecule has 0 unspecified atom stereocenters. The number of nitrogens with zero attached hydrogens (tertiary/aromatic N) is 1. The Bertz CT molecular complexity index is 805. The van der Waals surface area contributed by atoms with Crippen LogP contribution >= 0.6 is 0 Å². The Hall–Kier alpha value is -2.37. The summed E-state index contributed by atoms with van der Waals surface area (Å²) in [6, 6.07) is 14.6. The summed E-state index contributed by atoms with van der Waals surface area (Å²) in [7, 11) is 1.58. The molecule has 0 saturated heterocycles. The summed E-state index contributed by atoms with van der Waals surface area (Å²) in [5.74, 6) is 0.898. The number of anilines is 1. The average molecular weight is 411 g/mol. The summed E-state index contributed by atoms with van der Waals surface area (Å²) in [5, 5.41) is 3.57. The zero-order chi connectivity index (χ0) is 21.2. The summed E-state index contributed by atoms with van der Waals surface area (Å²) in [6.45, 7) is 5.23. The second-order valence-electron chi connectivity index (χ2n) is 7.72. The van der Waals surface area contributed by atoms with Gasteiger partial charge in [-0.25, -0.2) is 0 Å². The lowest BCUT2D eigenvalue weighted by Crippen LogP contribution is -2.36. The third kappa shape index (κ3) is 6.07. The molecule has 5 nitrogen and oxygen atoms in total. The molecular weight excluding hydrogens is 376 g/mol. The highest BCUT2D eigenvalue weighted by Crippen LogP contribution is 2.30. The van der Waals surface area contributed by atoms with Gasteiger partial charge in [-0.15, -0.1) is 0 Å². The van der Waals surface area contributed by atoms with Crippen LogP contribution in [0.1, 0.15) is 44.6 Å². The molecule has 30 heavy (non-hydrogen) atoms. The number of carbonyl (C=O) groups is 1. The molecule has 1 aliphatic rings. The number of benzene rings is 2. The maximum absolute atomic E-state index is 12.8. The average Bonchev–Trinajstić information content (AvgIpc) is 2.75. The molecule has 0 radical (unpaired) electrons. The molecule has 1 aliphatic heterocycles. The van der Waals surface area contributed by atoms with E-state index in [9.17, 15) is 4.79 Å². The van der Waals surface area contributed by atoms with Crippen LogP contribution in [0.3, 0.4) is 0 Å². The van der Waals surface area contributed by atoms with Crippen LogP contribution in [-0.2, 0) is 16.1 Å². The maximum atomic E-state index is 12.8. The fourth-order valence-electron chi connectivity index (χ4n) is 3.93. The monoisotopic (exact) mass is 410 g/mol. The number of rotatable bonds is 5. The minimum atomic E-state index is 0.0182. The van der Waals surface area contributed by atoms with Crippen molar-refractivity contribution in [3.05, 3.63) is 48.0 Å². The van der Waals surface area contributed by atoms with Crippen LogP contribution in [0.5, 0.6) is 5.75 Å². The Labute approximate surface area is 180 Å². The molecule has 162 valence electrons. The zero-order valence-corrected chi connectivity index (χ0v) is 18.3. The van der Waals surface area contributed by atoms with Gasteiger partial charge < -0.3 is 19.7 Å². The number of amides is 1. The van der Waals surface area contributed by atoms with E-state index in [1.807, 2.05) is 24.0 Å². The molecular formula is C25H34N2O3. The number of nitrogens with one attached hydrogen (secondary N) is 1. The maximum Gasteiger partial charge on any atom is 0.252 e. The van der Waals surface area contributed by atoms with Crippen molar-refractivity contribution in [2.75, 3.05) is 38.3 Å². The standard InChI is InChI=1S/C25H34N2O3/c1-3-30-23-12-9-20(10-13-23)21-11-14-24-22(17-21)18-26-15-7-5-4-6-8-16-27(24)25(28)19-29-2/h9-14,17,26H,3-8,15-16,18-19H2,1-2H3. The molecule has 0 spiro atoms. The van der Waals surface area contributed by atoms with E-state index in [1.165, 1.54) is 19.3 Å². The van der Waals surface area contributed by atoms with E-state index in [2.05, 4.69) is 35.6 Å². The summed E-state index contributed by atoms with van der Waals surface area (Å²) in [6.07, 6.45) is 5.81. The van der Waals surface area contributed by atoms with Gasteiger partial charge in [0, 0.05) is 25.9 Å². The molecule has 0 bridgehead atoms. The number of hydrogen-bond donors (Lipinski definition) is 1. The van der Waals surface area contributed by atoms with Gasteiger partial charge in [-0.3, -0.25) is 4.79 Å². The summed E-state index contributed by atoms with van der Waals surface area (Å²) in [5.41, 5.74) is 4.41. The highest BCUT2D eigenvalue weighted by molar-refractivity contribution is 5.95. The topological polar surface area (TPSA) is 50.8 Å². The third-order valence-corrected chi connectivity index (χ3v) is 5.49. The van der Waals surface area contributed by atoms with Crippen LogP contribution in [0.4, 0.5) is 5.69 Å². The van der Waals surface area contributed by atoms with Crippen molar-refractivity contribution in [1.29, 1.82) is 0 Å². The van der Waals surface area contributed by atoms with Gasteiger partial charge in [0.15, 0.2) is 0 Å². The lowest BCUT2D eigenvalue weighted by Gasteiger charge is -2.26. The third-order valence-electron chi connectivity index (χ3n) is 5.49. The molecule has 2 aromatic rings. The molecule has 0 aliphatic carbocycles. The Kier molecular flexibility index (Phi) is 8.72. The first kappa shape index (κ1) is 22.3. The summed E-state index contributed by atoms with van der Waals surface area (Å²) >= 11 is 0. The lowest BCUT2D eigenvalue weighted by molar-refractivity contribution is -0.122. The molecule has 0 saturated carbocycles. The summed E-state index contributed by atoms with van der Waals surface area (Å²) < 4.78 is 10.7. The molecule has 1 amide bonds. The number of carbonyl (C=O) groups excluding carboxylic acids is 1. The van der Waals surface area contributed by atoms with E-state index in [0.29, 0.717) is 6.61 Å². The first-order chi connectivity index (χ1) is 14.7. The van der Waals surface area contributed by atoms with E-state index in [-0.39, 0.29) is 12.5 Å². The van der Waals surface area contributed by atoms with Gasteiger partial charge in [0.05, 0.1) is 6.61 Å². The first-order valence-electron chi connectivity index (χ1n) is 11.1. The predicted octanol–water partition coefficient (Wildman–Crippen LogP) is 4.79. The van der Waals surface area contributed by atoms with Crippen molar-refractivity contribution < 1.29 is 14.3 Å². The molecule has 1 N–H and O–H groups in total. The van der Waals surface area contributed by atoms with Crippen LogP contribution in [0.25, 0.3) is 11.1 Å². The fourth-order valence-corrected chi connectivity index (χ4v) is 3.93. The molecule has 1 heterocycles. The Morgan fingerprint density at radius 1 is 1.00 bits per heavy atom. The van der Waals surface area contributed by atoms with E-state index >= 15 is 0 Å². The normalized spacial score (nSPS) is 15.6. The second-order valence-corrected chi connectivity index (χ2v) is 7.72. The number of ether oxygens (including phenoxy) is 2. The predicted molar refractivity (Wildman–Crippen MR) is 122 cm³/mol. The van der Waals surface area contributed by atoms with Crippen LogP contribution in [0.2, 0.25) is 0 Å². The SMILES string of the molecule is CCOc1ccc(-c2ccc3c(c2)CNCCCCCCCN3C(=O)COC)cc1. The van der Waals surface area contributed by atoms with E-state index < -0.39 is 0 Å². The number of hydrogen-bond acceptors (Lipinski definition) is 4. The van der Waals surface area contributed by atoms with Crippen molar-refractivity contribution in [2.24, 2.45) is 0 Å². The van der Waals surface area contributed by atoms with Crippen molar-refractivity contribution in [2.45, 2.75) is 45.6 Å². The Balaban J connectivity index is 1.92. The quantitative estimate of drug-likeness (QED) is 0.770. The molecule has 0 fully saturated rings. The number of methoxy groups -OCH3 is 1. The van der Waals surface area contributed by atoms with Crippen LogP contribution < -0.4 is 15.0 Å². The smallest absolute Gasteiger partial charge is 0.252 e. The highest BCUT2D eigenvalue weighted by Gasteiger charge is 2.19. The minimum absolute atomic E-state index is 0.0182. The zero-order valence-electron chi connectivity index (χ0n) is 18.3. The molecule has 2 aromatic carbocycles. The van der Waals surface area contributed by atoms with Gasteiger partial charge in [0.2, 0.25) is 0 Å². The molecule has 0 aromatic heterocycles. The molecule has 5 heteroatoms. The highest BCUT2D eigenvalue weighted by atomic mass is 16.5. The number of fused-ring (bicyclic) bond motifs is 1. The van der Waals surface area contributed by atoms with Gasteiger partial charge in [-0.1, -0.05) is 37.5 Å². The Morgan fingerprint density at radius 3 is 2.50 bits per heavy atom. The molecule has 0 atom stereocenters. The van der Waals surface area contributed by atoms with E-state index in [1.54, 1.807) is 7.11 Å². The van der Waals surface area contributed by atoms with Gasteiger partial charge in [-0.05, 0) is 67.3 Å². The Morgan fingerprint density at radius 2 is 1.73 bits per heavy atom. The van der Waals surface area contributed by atoms with Crippen molar-refractivity contribution in [3.63, 3.8) is 0 Å². The van der Waals surface area contributed by atoms with Crippen molar-refractivity contribution >= 4 is 11.6 Å². The van der Waals surface area contributed by atoms with Crippen LogP contribution in [-0.4, -0.2) is 39.3 Å². The van der Waals surface area contributed by atoms with E-state index in [4.69, 9.17) is 9.47 Å². The van der Waals surface area contributed by atoms with Crippen LogP contribution in [0.15, 0.2) is 42.5 Å². The largest absolute Gasteiger partial charge is 0.494 e. The van der Waals surface area contributed by atoms with Gasteiger partial charge in [0.25, 0.3) is 5.91 Å². The van der Waals surface area contributed by atoms with Gasteiger partial charge in [-0.2, -0.15) is 0 Å². The summed E-state index contributed by atoms with van der Waals surface area (Å²) in [4.78, 5) is 14.7.